The maximum absolute atomic E-state index is 12.8. The van der Waals surface area contributed by atoms with Crippen LogP contribution >= 0.6 is 11.8 Å². The molecule has 0 spiro atoms. The number of rotatable bonds is 8. The summed E-state index contributed by atoms with van der Waals surface area (Å²) in [6.45, 7) is 7.11. The number of benzene rings is 2. The third kappa shape index (κ3) is 6.14. The van der Waals surface area contributed by atoms with Crippen molar-refractivity contribution in [1.82, 2.24) is 9.80 Å². The number of carbonyl (C=O) groups is 2. The smallest absolute Gasteiger partial charge is 0.253 e. The highest BCUT2D eigenvalue weighted by Gasteiger charge is 2.30. The molecule has 0 bridgehead atoms. The number of hydrogen-bond donors (Lipinski definition) is 1. The fourth-order valence-electron chi connectivity index (χ4n) is 4.06. The Morgan fingerprint density at radius 1 is 1.09 bits per heavy atom. The lowest BCUT2D eigenvalue weighted by atomic mass is 10.0. The molecule has 6 heteroatoms. The van der Waals surface area contributed by atoms with Gasteiger partial charge in [-0.2, -0.15) is 11.8 Å². The summed E-state index contributed by atoms with van der Waals surface area (Å²) in [7, 11) is 0. The maximum Gasteiger partial charge on any atom is 0.253 e. The number of nitrogens with one attached hydrogen (secondary N) is 1. The number of hydrogen-bond acceptors (Lipinski definition) is 4. The van der Waals surface area contributed by atoms with E-state index < -0.39 is 0 Å². The average Bonchev–Trinajstić information content (AvgIpc) is 3.65. The lowest BCUT2D eigenvalue weighted by Crippen LogP contribution is -2.38. The fraction of sp³-hybridized carbons (Fsp3) is 0.462. The van der Waals surface area contributed by atoms with E-state index in [0.29, 0.717) is 29.8 Å². The molecule has 2 aromatic carbocycles. The molecular weight excluding hydrogens is 418 g/mol. The summed E-state index contributed by atoms with van der Waals surface area (Å²) in [5.74, 6) is 2.50. The van der Waals surface area contributed by atoms with Crippen molar-refractivity contribution >= 4 is 29.3 Å². The van der Waals surface area contributed by atoms with Gasteiger partial charge in [0.2, 0.25) is 5.91 Å². The predicted octanol–water partition coefficient (Wildman–Crippen LogP) is 4.60. The molecule has 170 valence electrons. The zero-order chi connectivity index (χ0) is 22.5. The highest BCUT2D eigenvalue weighted by molar-refractivity contribution is 7.99. The minimum absolute atomic E-state index is 0.0327. The maximum atomic E-state index is 12.8. The summed E-state index contributed by atoms with van der Waals surface area (Å²) in [5.41, 5.74) is 3.90. The van der Waals surface area contributed by atoms with Gasteiger partial charge in [0.1, 0.15) is 0 Å². The molecule has 1 aliphatic carbocycles. The lowest BCUT2D eigenvalue weighted by molar-refractivity contribution is -0.117. The van der Waals surface area contributed by atoms with Crippen LogP contribution in [0, 0.1) is 0 Å². The van der Waals surface area contributed by atoms with Crippen LogP contribution in [0.15, 0.2) is 48.5 Å². The van der Waals surface area contributed by atoms with Crippen LogP contribution in [0.3, 0.4) is 0 Å². The quantitative estimate of drug-likeness (QED) is 0.637. The second kappa shape index (κ2) is 10.5. The van der Waals surface area contributed by atoms with Crippen LogP contribution in [0.4, 0.5) is 5.69 Å². The molecule has 0 radical (unpaired) electrons. The molecule has 1 saturated carbocycles. The van der Waals surface area contributed by atoms with E-state index in [0.717, 1.165) is 44.0 Å². The standard InChI is InChI=1S/C26H33N3O2S/c1-19(2)21-8-6-20(7-9-21)17-29(24-10-11-24)18-25(30)27-23-5-3-4-22(16-23)26(31)28-12-14-32-15-13-28/h3-9,16,19,24H,10-15,17-18H2,1-2H3,(H,27,30). The Labute approximate surface area is 195 Å². The van der Waals surface area contributed by atoms with E-state index in [1.807, 2.05) is 34.9 Å². The Kier molecular flexibility index (Phi) is 7.53. The van der Waals surface area contributed by atoms with E-state index in [1.165, 1.54) is 11.1 Å². The van der Waals surface area contributed by atoms with Gasteiger partial charge in [0.15, 0.2) is 0 Å². The summed E-state index contributed by atoms with van der Waals surface area (Å²) in [6, 6.07) is 16.5. The number of thioether (sulfide) groups is 1. The molecule has 0 atom stereocenters. The SMILES string of the molecule is CC(C)c1ccc(CN(CC(=O)Nc2cccc(C(=O)N3CCSCC3)c2)C2CC2)cc1. The summed E-state index contributed by atoms with van der Waals surface area (Å²) in [5, 5.41) is 3.01. The minimum atomic E-state index is -0.0327. The van der Waals surface area contributed by atoms with Crippen LogP contribution in [-0.4, -0.2) is 58.8 Å². The highest BCUT2D eigenvalue weighted by atomic mass is 32.2. The van der Waals surface area contributed by atoms with Crippen molar-refractivity contribution in [3.63, 3.8) is 0 Å². The van der Waals surface area contributed by atoms with Crippen molar-refractivity contribution in [3.8, 4) is 0 Å². The van der Waals surface area contributed by atoms with E-state index in [4.69, 9.17) is 0 Å². The van der Waals surface area contributed by atoms with Crippen molar-refractivity contribution in [2.24, 2.45) is 0 Å². The zero-order valence-corrected chi connectivity index (χ0v) is 19.9. The first kappa shape index (κ1) is 22.9. The molecular formula is C26H33N3O2S. The van der Waals surface area contributed by atoms with Crippen molar-refractivity contribution < 1.29 is 9.59 Å². The molecule has 4 rings (SSSR count). The third-order valence-corrected chi connectivity index (χ3v) is 7.08. The largest absolute Gasteiger partial charge is 0.337 e. The Morgan fingerprint density at radius 3 is 2.47 bits per heavy atom. The van der Waals surface area contributed by atoms with Gasteiger partial charge in [0.05, 0.1) is 6.54 Å². The summed E-state index contributed by atoms with van der Waals surface area (Å²) in [6.07, 6.45) is 2.30. The topological polar surface area (TPSA) is 52.7 Å². The van der Waals surface area contributed by atoms with E-state index in [2.05, 4.69) is 48.3 Å². The molecule has 1 heterocycles. The third-order valence-electron chi connectivity index (χ3n) is 6.13. The van der Waals surface area contributed by atoms with E-state index in [-0.39, 0.29) is 11.8 Å². The van der Waals surface area contributed by atoms with Crippen molar-refractivity contribution in [1.29, 1.82) is 0 Å². The van der Waals surface area contributed by atoms with Crippen LogP contribution in [0.1, 0.15) is 54.1 Å². The monoisotopic (exact) mass is 451 g/mol. The fourth-order valence-corrected chi connectivity index (χ4v) is 4.96. The summed E-state index contributed by atoms with van der Waals surface area (Å²) >= 11 is 1.88. The van der Waals surface area contributed by atoms with Gasteiger partial charge in [0, 0.05) is 48.4 Å². The Balaban J connectivity index is 1.36. The molecule has 2 aliphatic rings. The molecule has 2 aromatic rings. The van der Waals surface area contributed by atoms with Crippen LogP contribution in [0.5, 0.6) is 0 Å². The van der Waals surface area contributed by atoms with Gasteiger partial charge in [-0.05, 0) is 48.1 Å². The molecule has 1 saturated heterocycles. The Bertz CT molecular complexity index is 934. The Hall–Kier alpha value is -2.31. The van der Waals surface area contributed by atoms with Crippen LogP contribution in [0.25, 0.3) is 0 Å². The molecule has 5 nitrogen and oxygen atoms in total. The molecule has 2 amide bonds. The molecule has 1 aliphatic heterocycles. The first-order valence-corrected chi connectivity index (χ1v) is 12.7. The highest BCUT2D eigenvalue weighted by Crippen LogP contribution is 2.28. The van der Waals surface area contributed by atoms with Gasteiger partial charge in [-0.3, -0.25) is 14.5 Å². The van der Waals surface area contributed by atoms with Crippen molar-refractivity contribution in [3.05, 3.63) is 65.2 Å². The number of anilines is 1. The van der Waals surface area contributed by atoms with Gasteiger partial charge in [0.25, 0.3) is 5.91 Å². The van der Waals surface area contributed by atoms with Crippen LogP contribution < -0.4 is 5.32 Å². The minimum Gasteiger partial charge on any atom is -0.337 e. The van der Waals surface area contributed by atoms with Gasteiger partial charge in [-0.15, -0.1) is 0 Å². The van der Waals surface area contributed by atoms with Crippen molar-refractivity contribution in [2.45, 2.75) is 45.2 Å². The predicted molar refractivity (Wildman–Crippen MR) is 132 cm³/mol. The van der Waals surface area contributed by atoms with E-state index in [9.17, 15) is 9.59 Å². The molecule has 2 fully saturated rings. The van der Waals surface area contributed by atoms with Gasteiger partial charge < -0.3 is 10.2 Å². The van der Waals surface area contributed by atoms with Gasteiger partial charge in [-0.1, -0.05) is 44.2 Å². The average molecular weight is 452 g/mol. The number of carbonyl (C=O) groups excluding carboxylic acids is 2. The molecule has 0 aromatic heterocycles. The summed E-state index contributed by atoms with van der Waals surface area (Å²) in [4.78, 5) is 29.8. The number of nitrogens with zero attached hydrogens (tertiary/aromatic N) is 2. The van der Waals surface area contributed by atoms with Crippen LogP contribution in [-0.2, 0) is 11.3 Å². The first-order chi connectivity index (χ1) is 15.5. The van der Waals surface area contributed by atoms with Gasteiger partial charge >= 0.3 is 0 Å². The van der Waals surface area contributed by atoms with E-state index >= 15 is 0 Å². The van der Waals surface area contributed by atoms with Crippen molar-refractivity contribution in [2.75, 3.05) is 36.5 Å². The zero-order valence-electron chi connectivity index (χ0n) is 19.0. The molecule has 32 heavy (non-hydrogen) atoms. The molecule has 1 N–H and O–H groups in total. The Morgan fingerprint density at radius 2 is 1.81 bits per heavy atom. The number of amides is 2. The first-order valence-electron chi connectivity index (χ1n) is 11.6. The molecule has 0 unspecified atom stereocenters. The second-order valence-corrected chi connectivity index (χ2v) is 10.3. The summed E-state index contributed by atoms with van der Waals surface area (Å²) < 4.78 is 0. The lowest BCUT2D eigenvalue weighted by Gasteiger charge is -2.26. The van der Waals surface area contributed by atoms with E-state index in [1.54, 1.807) is 6.07 Å². The van der Waals surface area contributed by atoms with Gasteiger partial charge in [-0.25, -0.2) is 0 Å². The van der Waals surface area contributed by atoms with Crippen LogP contribution in [0.2, 0.25) is 0 Å². The second-order valence-electron chi connectivity index (χ2n) is 9.07. The normalized spacial score (nSPS) is 16.4.